The van der Waals surface area contributed by atoms with Crippen molar-refractivity contribution in [3.8, 4) is 0 Å². The van der Waals surface area contributed by atoms with Gasteiger partial charge in [0.2, 0.25) is 0 Å². The zero-order valence-corrected chi connectivity index (χ0v) is 11.6. The quantitative estimate of drug-likeness (QED) is 0.824. The molecule has 1 heterocycles. The number of rotatable bonds is 5. The molecule has 0 spiro atoms. The van der Waals surface area contributed by atoms with Gasteiger partial charge in [-0.1, -0.05) is 31.2 Å². The van der Waals surface area contributed by atoms with Gasteiger partial charge < -0.3 is 0 Å². The Hall–Kier alpha value is -1.48. The Kier molecular flexibility index (Phi) is 4.26. The van der Waals surface area contributed by atoms with Crippen LogP contribution in [0.4, 0.5) is 0 Å². The highest BCUT2D eigenvalue weighted by Crippen LogP contribution is 2.12. The maximum absolute atomic E-state index is 11.9. The molecule has 0 saturated heterocycles. The lowest BCUT2D eigenvalue weighted by molar-refractivity contribution is -0.117. The molecule has 0 fully saturated rings. The van der Waals surface area contributed by atoms with Crippen LogP contribution in [0.1, 0.15) is 28.8 Å². The highest BCUT2D eigenvalue weighted by Gasteiger charge is 2.08. The van der Waals surface area contributed by atoms with Crippen LogP contribution >= 0.6 is 11.3 Å². The predicted octanol–water partition coefficient (Wildman–Crippen LogP) is 3.37. The van der Waals surface area contributed by atoms with Crippen molar-refractivity contribution in [1.29, 1.82) is 0 Å². The summed E-state index contributed by atoms with van der Waals surface area (Å²) in [6.45, 7) is 4.08. The van der Waals surface area contributed by atoms with Crippen LogP contribution in [0.5, 0.6) is 0 Å². The lowest BCUT2D eigenvalue weighted by Crippen LogP contribution is -2.06. The van der Waals surface area contributed by atoms with E-state index in [-0.39, 0.29) is 5.78 Å². The zero-order chi connectivity index (χ0) is 13.0. The molecule has 0 radical (unpaired) electrons. The van der Waals surface area contributed by atoms with Crippen molar-refractivity contribution in [2.75, 3.05) is 0 Å². The van der Waals surface area contributed by atoms with Gasteiger partial charge in [-0.3, -0.25) is 4.79 Å². The van der Waals surface area contributed by atoms with E-state index in [2.05, 4.69) is 24.0 Å². The molecular formula is C15H17NOS. The number of ketones is 1. The summed E-state index contributed by atoms with van der Waals surface area (Å²) in [5.41, 5.74) is 3.39. The maximum atomic E-state index is 11.9. The minimum absolute atomic E-state index is 0.230. The number of benzene rings is 1. The molecule has 1 aromatic carbocycles. The lowest BCUT2D eigenvalue weighted by atomic mass is 10.0. The van der Waals surface area contributed by atoms with E-state index in [0.29, 0.717) is 12.8 Å². The normalized spacial score (nSPS) is 10.6. The minimum atomic E-state index is 0.230. The number of thiazole rings is 1. The summed E-state index contributed by atoms with van der Waals surface area (Å²) in [6, 6.07) is 8.28. The van der Waals surface area contributed by atoms with Crippen molar-refractivity contribution in [2.24, 2.45) is 0 Å². The first-order valence-electron chi connectivity index (χ1n) is 6.18. The average molecular weight is 259 g/mol. The second-order valence-electron chi connectivity index (χ2n) is 4.44. The van der Waals surface area contributed by atoms with Gasteiger partial charge in [-0.15, -0.1) is 11.3 Å². The number of aryl methyl sites for hydroxylation is 2. The van der Waals surface area contributed by atoms with E-state index in [1.54, 1.807) is 11.3 Å². The Morgan fingerprint density at radius 2 is 1.83 bits per heavy atom. The Morgan fingerprint density at radius 3 is 2.39 bits per heavy atom. The fourth-order valence-corrected chi connectivity index (χ4v) is 2.64. The molecular weight excluding hydrogens is 242 g/mol. The number of carbonyl (C=O) groups excluding carboxylic acids is 1. The number of hydrogen-bond donors (Lipinski definition) is 0. The largest absolute Gasteiger partial charge is 0.299 e. The maximum Gasteiger partial charge on any atom is 0.144 e. The summed E-state index contributed by atoms with van der Waals surface area (Å²) in [7, 11) is 0. The fraction of sp³-hybridized carbons (Fsp3) is 0.333. The molecule has 3 heteroatoms. The number of Topliss-reactive ketones (excluding diaryl/α,β-unsaturated/α-hetero) is 1. The number of nitrogens with zero attached hydrogens (tertiary/aromatic N) is 1. The summed E-state index contributed by atoms with van der Waals surface area (Å²) in [5.74, 6) is 0.230. The third-order valence-electron chi connectivity index (χ3n) is 2.85. The monoisotopic (exact) mass is 259 g/mol. The Bertz CT molecular complexity index is 528. The minimum Gasteiger partial charge on any atom is -0.299 e. The molecule has 1 aromatic heterocycles. The summed E-state index contributed by atoms with van der Waals surface area (Å²) in [5, 5.41) is 2.90. The van der Waals surface area contributed by atoms with Crippen LogP contribution in [-0.2, 0) is 24.1 Å². The van der Waals surface area contributed by atoms with Crippen LogP contribution in [0.25, 0.3) is 0 Å². The third-order valence-corrected chi connectivity index (χ3v) is 3.81. The molecule has 0 bridgehead atoms. The highest BCUT2D eigenvalue weighted by molar-refractivity contribution is 7.09. The van der Waals surface area contributed by atoms with Crippen LogP contribution in [0.15, 0.2) is 29.6 Å². The first-order valence-corrected chi connectivity index (χ1v) is 7.06. The summed E-state index contributed by atoms with van der Waals surface area (Å²) < 4.78 is 0. The average Bonchev–Trinajstić information content (AvgIpc) is 2.75. The summed E-state index contributed by atoms with van der Waals surface area (Å²) >= 11 is 1.56. The van der Waals surface area contributed by atoms with Gasteiger partial charge in [0.15, 0.2) is 0 Å². The van der Waals surface area contributed by atoms with Gasteiger partial charge in [0, 0.05) is 17.5 Å². The van der Waals surface area contributed by atoms with E-state index in [1.165, 1.54) is 5.56 Å². The first kappa shape index (κ1) is 13.0. The predicted molar refractivity (Wildman–Crippen MR) is 75.1 cm³/mol. The topological polar surface area (TPSA) is 30.0 Å². The molecule has 0 aliphatic carbocycles. The molecule has 0 atom stereocenters. The van der Waals surface area contributed by atoms with E-state index >= 15 is 0 Å². The first-order chi connectivity index (χ1) is 8.67. The van der Waals surface area contributed by atoms with Gasteiger partial charge in [0.25, 0.3) is 0 Å². The molecule has 0 N–H and O–H groups in total. The number of aromatic nitrogens is 1. The molecule has 0 unspecified atom stereocenters. The Morgan fingerprint density at radius 1 is 1.17 bits per heavy atom. The fourth-order valence-electron chi connectivity index (χ4n) is 1.84. The van der Waals surface area contributed by atoms with E-state index in [4.69, 9.17) is 0 Å². The lowest BCUT2D eigenvalue weighted by Gasteiger charge is -2.01. The van der Waals surface area contributed by atoms with E-state index in [0.717, 1.165) is 22.7 Å². The summed E-state index contributed by atoms with van der Waals surface area (Å²) in [6.07, 6.45) is 1.99. The summed E-state index contributed by atoms with van der Waals surface area (Å²) in [4.78, 5) is 16.2. The molecule has 0 aliphatic rings. The molecule has 2 rings (SSSR count). The van der Waals surface area contributed by atoms with Gasteiger partial charge in [0.05, 0.1) is 6.42 Å². The number of hydrogen-bond acceptors (Lipinski definition) is 3. The van der Waals surface area contributed by atoms with Crippen LogP contribution in [0.3, 0.4) is 0 Å². The van der Waals surface area contributed by atoms with Crippen LogP contribution < -0.4 is 0 Å². The SMILES string of the molecule is CCc1ccc(CC(=O)Cc2nc(C)cs2)cc1. The van der Waals surface area contributed by atoms with Crippen LogP contribution in [-0.4, -0.2) is 10.8 Å². The molecule has 0 aliphatic heterocycles. The van der Waals surface area contributed by atoms with Crippen LogP contribution in [0.2, 0.25) is 0 Å². The van der Waals surface area contributed by atoms with Gasteiger partial charge in [-0.2, -0.15) is 0 Å². The number of carbonyl (C=O) groups is 1. The van der Waals surface area contributed by atoms with E-state index in [9.17, 15) is 4.79 Å². The van der Waals surface area contributed by atoms with Gasteiger partial charge in [0.1, 0.15) is 10.8 Å². The van der Waals surface area contributed by atoms with Crippen molar-refractivity contribution in [1.82, 2.24) is 4.98 Å². The van der Waals surface area contributed by atoms with E-state index < -0.39 is 0 Å². The Labute approximate surface area is 112 Å². The molecule has 0 saturated carbocycles. The molecule has 94 valence electrons. The second kappa shape index (κ2) is 5.91. The third kappa shape index (κ3) is 3.50. The van der Waals surface area contributed by atoms with Crippen molar-refractivity contribution < 1.29 is 4.79 Å². The van der Waals surface area contributed by atoms with Crippen molar-refractivity contribution >= 4 is 17.1 Å². The molecule has 2 aromatic rings. The van der Waals surface area contributed by atoms with Gasteiger partial charge in [-0.05, 0) is 24.5 Å². The zero-order valence-electron chi connectivity index (χ0n) is 10.8. The standard InChI is InChI=1S/C15H17NOS/c1-3-12-4-6-13(7-5-12)8-14(17)9-15-16-11(2)10-18-15/h4-7,10H,3,8-9H2,1-2H3. The second-order valence-corrected chi connectivity index (χ2v) is 5.39. The smallest absolute Gasteiger partial charge is 0.144 e. The highest BCUT2D eigenvalue weighted by atomic mass is 32.1. The van der Waals surface area contributed by atoms with Crippen molar-refractivity contribution in [3.63, 3.8) is 0 Å². The Balaban J connectivity index is 1.94. The van der Waals surface area contributed by atoms with Crippen molar-refractivity contribution in [2.45, 2.75) is 33.1 Å². The molecule has 2 nitrogen and oxygen atoms in total. The molecule has 0 amide bonds. The van der Waals surface area contributed by atoms with Gasteiger partial charge >= 0.3 is 0 Å². The van der Waals surface area contributed by atoms with Gasteiger partial charge in [-0.25, -0.2) is 4.98 Å². The van der Waals surface area contributed by atoms with Crippen molar-refractivity contribution in [3.05, 3.63) is 51.5 Å². The van der Waals surface area contributed by atoms with E-state index in [1.807, 2.05) is 24.4 Å². The van der Waals surface area contributed by atoms with Crippen LogP contribution in [0, 0.1) is 6.92 Å². The molecule has 18 heavy (non-hydrogen) atoms.